The third-order valence-corrected chi connectivity index (χ3v) is 4.47. The first-order valence-corrected chi connectivity index (χ1v) is 8.59. The van der Waals surface area contributed by atoms with Gasteiger partial charge in [0.1, 0.15) is 11.7 Å². The number of hydrogen-bond acceptors (Lipinski definition) is 5. The fourth-order valence-electron chi connectivity index (χ4n) is 3.27. The first kappa shape index (κ1) is 16.9. The Bertz CT molecular complexity index is 756. The van der Waals surface area contributed by atoms with Crippen LogP contribution in [0.3, 0.4) is 0 Å². The smallest absolute Gasteiger partial charge is 0.234 e. The molecule has 0 amide bonds. The molecule has 2 N–H and O–H groups in total. The zero-order valence-corrected chi connectivity index (χ0v) is 14.8. The molecule has 128 valence electrons. The van der Waals surface area contributed by atoms with Crippen LogP contribution < -0.4 is 5.73 Å². The Labute approximate surface area is 143 Å². The minimum atomic E-state index is 0.128. The molecule has 1 aliphatic heterocycles. The van der Waals surface area contributed by atoms with E-state index >= 15 is 0 Å². The van der Waals surface area contributed by atoms with Crippen LogP contribution in [-0.2, 0) is 13.1 Å². The van der Waals surface area contributed by atoms with Crippen molar-refractivity contribution >= 4 is 11.0 Å². The van der Waals surface area contributed by atoms with E-state index < -0.39 is 0 Å². The zero-order chi connectivity index (χ0) is 17.3. The van der Waals surface area contributed by atoms with Crippen LogP contribution in [0.5, 0.6) is 0 Å². The molecule has 3 rings (SSSR count). The second kappa shape index (κ2) is 6.50. The van der Waals surface area contributed by atoms with Crippen molar-refractivity contribution in [2.75, 3.05) is 13.1 Å². The van der Waals surface area contributed by atoms with Crippen molar-refractivity contribution in [1.29, 1.82) is 5.26 Å². The third kappa shape index (κ3) is 3.74. The van der Waals surface area contributed by atoms with E-state index in [0.717, 1.165) is 50.1 Å². The van der Waals surface area contributed by atoms with Crippen LogP contribution in [0.15, 0.2) is 12.3 Å². The van der Waals surface area contributed by atoms with Gasteiger partial charge >= 0.3 is 0 Å². The van der Waals surface area contributed by atoms with Crippen molar-refractivity contribution in [3.8, 4) is 6.07 Å². The summed E-state index contributed by atoms with van der Waals surface area (Å²) < 4.78 is 2.26. The van der Waals surface area contributed by atoms with Gasteiger partial charge in [0.15, 0.2) is 0 Å². The highest BCUT2D eigenvalue weighted by Gasteiger charge is 2.21. The predicted molar refractivity (Wildman–Crippen MR) is 94.2 cm³/mol. The molecule has 24 heavy (non-hydrogen) atoms. The number of rotatable bonds is 3. The van der Waals surface area contributed by atoms with Gasteiger partial charge in [-0.05, 0) is 24.3 Å². The normalized spacial score (nSPS) is 17.3. The fraction of sp³-hybridized carbons (Fsp3) is 0.611. The molecule has 0 spiro atoms. The zero-order valence-electron chi connectivity index (χ0n) is 14.8. The number of nitrogens with two attached hydrogens (primary N) is 1. The third-order valence-electron chi connectivity index (χ3n) is 4.47. The Balaban J connectivity index is 1.96. The van der Waals surface area contributed by atoms with Crippen LogP contribution in [0.25, 0.3) is 11.0 Å². The first-order chi connectivity index (χ1) is 11.4. The Morgan fingerprint density at radius 3 is 2.67 bits per heavy atom. The number of nitrogens with zero attached hydrogens (tertiary/aromatic N) is 5. The average Bonchev–Trinajstić information content (AvgIpc) is 2.85. The van der Waals surface area contributed by atoms with Gasteiger partial charge in [-0.25, -0.2) is 9.97 Å². The standard InChI is InChI=1S/C18H26N6/c1-18(2,3)12-24-15(11-23-6-4-14(20)5-7-23)8-13-10-21-16(9-19)22-17(13)24/h8,10,14H,4-7,11-12,20H2,1-3H3. The second-order valence-electron chi connectivity index (χ2n) is 7.98. The van der Waals surface area contributed by atoms with Gasteiger partial charge in [-0.3, -0.25) is 4.90 Å². The molecule has 1 aliphatic rings. The Hall–Kier alpha value is -1.97. The van der Waals surface area contributed by atoms with E-state index in [1.807, 2.05) is 6.07 Å². The molecular formula is C18H26N6. The lowest BCUT2D eigenvalue weighted by atomic mass is 9.97. The second-order valence-corrected chi connectivity index (χ2v) is 7.98. The Morgan fingerprint density at radius 2 is 2.04 bits per heavy atom. The number of piperidine rings is 1. The highest BCUT2D eigenvalue weighted by molar-refractivity contribution is 5.77. The SMILES string of the molecule is CC(C)(C)Cn1c(CN2CCC(N)CC2)cc2cnc(C#N)nc21. The van der Waals surface area contributed by atoms with Crippen LogP contribution in [0, 0.1) is 16.7 Å². The number of aromatic nitrogens is 3. The summed E-state index contributed by atoms with van der Waals surface area (Å²) in [6, 6.07) is 4.55. The number of hydrogen-bond donors (Lipinski definition) is 1. The van der Waals surface area contributed by atoms with Crippen molar-refractivity contribution in [3.63, 3.8) is 0 Å². The van der Waals surface area contributed by atoms with Crippen molar-refractivity contribution in [1.82, 2.24) is 19.4 Å². The minimum absolute atomic E-state index is 0.128. The maximum Gasteiger partial charge on any atom is 0.234 e. The molecule has 0 unspecified atom stereocenters. The highest BCUT2D eigenvalue weighted by atomic mass is 15.2. The molecule has 6 nitrogen and oxygen atoms in total. The summed E-state index contributed by atoms with van der Waals surface area (Å²) in [6.45, 7) is 10.5. The molecule has 0 aliphatic carbocycles. The van der Waals surface area contributed by atoms with E-state index in [4.69, 9.17) is 11.0 Å². The van der Waals surface area contributed by atoms with Crippen molar-refractivity contribution in [2.24, 2.45) is 11.1 Å². The molecule has 1 fully saturated rings. The molecule has 2 aromatic heterocycles. The van der Waals surface area contributed by atoms with Crippen LogP contribution in [0.4, 0.5) is 0 Å². The summed E-state index contributed by atoms with van der Waals surface area (Å²) in [6.07, 6.45) is 3.87. The Morgan fingerprint density at radius 1 is 1.33 bits per heavy atom. The summed E-state index contributed by atoms with van der Waals surface area (Å²) in [5.74, 6) is 0.228. The monoisotopic (exact) mass is 326 g/mol. The van der Waals surface area contributed by atoms with E-state index in [1.54, 1.807) is 6.20 Å². The molecule has 0 bridgehead atoms. The summed E-state index contributed by atoms with van der Waals surface area (Å²) in [5, 5.41) is 10.1. The topological polar surface area (TPSA) is 83.8 Å². The fourth-order valence-corrected chi connectivity index (χ4v) is 3.27. The number of likely N-dealkylation sites (tertiary alicyclic amines) is 1. The molecule has 3 heterocycles. The van der Waals surface area contributed by atoms with E-state index in [9.17, 15) is 0 Å². The lowest BCUT2D eigenvalue weighted by Crippen LogP contribution is -2.39. The van der Waals surface area contributed by atoms with E-state index in [1.165, 1.54) is 5.69 Å². The van der Waals surface area contributed by atoms with Crippen LogP contribution in [-0.4, -0.2) is 38.6 Å². The summed E-state index contributed by atoms with van der Waals surface area (Å²) >= 11 is 0. The summed E-state index contributed by atoms with van der Waals surface area (Å²) in [5.41, 5.74) is 8.24. The quantitative estimate of drug-likeness (QED) is 0.935. The van der Waals surface area contributed by atoms with Gasteiger partial charge in [-0.2, -0.15) is 5.26 Å². The predicted octanol–water partition coefficient (Wildman–Crippen LogP) is 2.27. The maximum atomic E-state index is 9.11. The molecule has 0 aromatic carbocycles. The van der Waals surface area contributed by atoms with Crippen LogP contribution >= 0.6 is 0 Å². The van der Waals surface area contributed by atoms with Gasteiger partial charge in [0.05, 0.1) is 0 Å². The highest BCUT2D eigenvalue weighted by Crippen LogP contribution is 2.25. The van der Waals surface area contributed by atoms with Gasteiger partial charge in [0.25, 0.3) is 0 Å². The van der Waals surface area contributed by atoms with Gasteiger partial charge < -0.3 is 10.3 Å². The van der Waals surface area contributed by atoms with Crippen molar-refractivity contribution in [3.05, 3.63) is 23.8 Å². The van der Waals surface area contributed by atoms with Crippen LogP contribution in [0.2, 0.25) is 0 Å². The summed E-state index contributed by atoms with van der Waals surface area (Å²) in [4.78, 5) is 11.0. The van der Waals surface area contributed by atoms with Crippen LogP contribution in [0.1, 0.15) is 45.1 Å². The first-order valence-electron chi connectivity index (χ1n) is 8.59. The molecule has 0 atom stereocenters. The molecule has 0 saturated carbocycles. The largest absolute Gasteiger partial charge is 0.328 e. The Kier molecular flexibility index (Phi) is 4.57. The van der Waals surface area contributed by atoms with E-state index in [-0.39, 0.29) is 11.2 Å². The van der Waals surface area contributed by atoms with E-state index in [2.05, 4.69) is 46.3 Å². The minimum Gasteiger partial charge on any atom is -0.328 e. The van der Waals surface area contributed by atoms with Gasteiger partial charge in [-0.1, -0.05) is 20.8 Å². The van der Waals surface area contributed by atoms with Crippen molar-refractivity contribution in [2.45, 2.75) is 52.7 Å². The van der Waals surface area contributed by atoms with Gasteiger partial charge in [0.2, 0.25) is 5.82 Å². The summed E-state index contributed by atoms with van der Waals surface area (Å²) in [7, 11) is 0. The molecule has 1 saturated heterocycles. The van der Waals surface area contributed by atoms with Gasteiger partial charge in [0, 0.05) is 49.5 Å². The van der Waals surface area contributed by atoms with Crippen molar-refractivity contribution < 1.29 is 0 Å². The molecule has 0 radical (unpaired) electrons. The maximum absolute atomic E-state index is 9.11. The lowest BCUT2D eigenvalue weighted by Gasteiger charge is -2.31. The number of nitriles is 1. The molecular weight excluding hydrogens is 300 g/mol. The average molecular weight is 326 g/mol. The lowest BCUT2D eigenvalue weighted by molar-refractivity contribution is 0.199. The number of fused-ring (bicyclic) bond motifs is 1. The molecule has 6 heteroatoms. The van der Waals surface area contributed by atoms with Gasteiger partial charge in [-0.15, -0.1) is 0 Å². The molecule has 2 aromatic rings. The van der Waals surface area contributed by atoms with E-state index in [0.29, 0.717) is 6.04 Å².